The van der Waals surface area contributed by atoms with E-state index in [1.54, 1.807) is 24.2 Å². The molecule has 0 radical (unpaired) electrons. The summed E-state index contributed by atoms with van der Waals surface area (Å²) < 4.78 is 6.84. The molecule has 2 aromatic heterocycles. The number of carbonyl (C=O) groups is 1. The summed E-state index contributed by atoms with van der Waals surface area (Å²) in [6.07, 6.45) is 3.89. The first-order valence-electron chi connectivity index (χ1n) is 11.0. The highest BCUT2D eigenvalue weighted by Crippen LogP contribution is 2.31. The molecule has 0 saturated heterocycles. The van der Waals surface area contributed by atoms with Gasteiger partial charge in [0.15, 0.2) is 5.13 Å². The zero-order valence-corrected chi connectivity index (χ0v) is 21.6. The second-order valence-corrected chi connectivity index (χ2v) is 11.5. The quantitative estimate of drug-likeness (QED) is 0.303. The topological polar surface area (TPSA) is 83.3 Å². The van der Waals surface area contributed by atoms with Crippen molar-refractivity contribution in [1.82, 2.24) is 20.2 Å². The Hall–Kier alpha value is -2.20. The smallest absolute Gasteiger partial charge is 0.230 e. The number of thiazole rings is 1. The molecule has 1 amide bonds. The van der Waals surface area contributed by atoms with Crippen molar-refractivity contribution in [3.05, 3.63) is 59.4 Å². The number of carbonyl (C=O) groups excluding carboxylic acids is 1. The van der Waals surface area contributed by atoms with Crippen LogP contribution in [0.2, 0.25) is 0 Å². The number of nitrogens with zero attached hydrogens (tertiary/aromatic N) is 3. The Morgan fingerprint density at radius 1 is 1.12 bits per heavy atom. The minimum atomic E-state index is -0.0692. The van der Waals surface area contributed by atoms with Crippen LogP contribution in [0.25, 0.3) is 0 Å². The van der Waals surface area contributed by atoms with E-state index in [2.05, 4.69) is 72.5 Å². The van der Waals surface area contributed by atoms with Crippen molar-refractivity contribution in [1.29, 1.82) is 0 Å². The lowest BCUT2D eigenvalue weighted by Crippen LogP contribution is -2.26. The number of amides is 1. The van der Waals surface area contributed by atoms with Crippen molar-refractivity contribution in [3.8, 4) is 0 Å². The molecule has 9 heteroatoms. The molecular formula is C24H33N5O2S2. The van der Waals surface area contributed by atoms with Crippen LogP contribution in [0.15, 0.2) is 45.3 Å². The standard InChI is InChI=1S/C24H33N5O2S2/c1-24(2,3)19-14-26-21(31-19)16-32-22-15-27-23(33-22)28-20(30)12-17-6-8-18(9-7-17)13-25-10-11-29(4)5/h6-9,14-15,25H,10-13,16H2,1-5H3,(H,27,28,30). The maximum absolute atomic E-state index is 12.4. The third-order valence-electron chi connectivity index (χ3n) is 4.81. The molecule has 2 N–H and O–H groups in total. The van der Waals surface area contributed by atoms with Crippen LogP contribution in [0, 0.1) is 0 Å². The Morgan fingerprint density at radius 2 is 1.85 bits per heavy atom. The highest BCUT2D eigenvalue weighted by Gasteiger charge is 2.19. The Kier molecular flexibility index (Phi) is 9.08. The molecule has 0 saturated carbocycles. The van der Waals surface area contributed by atoms with Crippen LogP contribution >= 0.6 is 23.1 Å². The van der Waals surface area contributed by atoms with Gasteiger partial charge in [-0.25, -0.2) is 9.97 Å². The van der Waals surface area contributed by atoms with E-state index in [1.165, 1.54) is 16.9 Å². The van der Waals surface area contributed by atoms with E-state index in [1.807, 2.05) is 12.1 Å². The number of nitrogens with one attached hydrogen (secondary N) is 2. The largest absolute Gasteiger partial charge is 0.444 e. The van der Waals surface area contributed by atoms with Crippen LogP contribution in [0.5, 0.6) is 0 Å². The van der Waals surface area contributed by atoms with Gasteiger partial charge in [-0.15, -0.1) is 11.8 Å². The number of benzene rings is 1. The van der Waals surface area contributed by atoms with Gasteiger partial charge in [0.2, 0.25) is 11.8 Å². The van der Waals surface area contributed by atoms with Gasteiger partial charge in [-0.1, -0.05) is 56.4 Å². The second-order valence-electron chi connectivity index (χ2n) is 9.16. The number of hydrogen-bond donors (Lipinski definition) is 2. The minimum Gasteiger partial charge on any atom is -0.444 e. The van der Waals surface area contributed by atoms with Crippen molar-refractivity contribution >= 4 is 34.1 Å². The van der Waals surface area contributed by atoms with Crippen molar-refractivity contribution < 1.29 is 9.21 Å². The lowest BCUT2D eigenvalue weighted by molar-refractivity contribution is -0.115. The summed E-state index contributed by atoms with van der Waals surface area (Å²) in [5.74, 6) is 2.13. The van der Waals surface area contributed by atoms with E-state index in [-0.39, 0.29) is 11.3 Å². The van der Waals surface area contributed by atoms with Crippen LogP contribution in [0.4, 0.5) is 5.13 Å². The first-order chi connectivity index (χ1) is 15.7. The average molecular weight is 488 g/mol. The fourth-order valence-electron chi connectivity index (χ4n) is 2.90. The second kappa shape index (κ2) is 11.8. The summed E-state index contributed by atoms with van der Waals surface area (Å²) in [6, 6.07) is 8.15. The summed E-state index contributed by atoms with van der Waals surface area (Å²) in [4.78, 5) is 23.3. The van der Waals surface area contributed by atoms with Gasteiger partial charge in [0, 0.05) is 25.0 Å². The average Bonchev–Trinajstić information content (AvgIpc) is 3.40. The Balaban J connectivity index is 1.42. The van der Waals surface area contributed by atoms with Crippen LogP contribution < -0.4 is 10.6 Å². The molecule has 0 unspecified atom stereocenters. The summed E-state index contributed by atoms with van der Waals surface area (Å²) in [5.41, 5.74) is 2.13. The van der Waals surface area contributed by atoms with E-state index in [0.29, 0.717) is 23.2 Å². The Morgan fingerprint density at radius 3 is 2.52 bits per heavy atom. The molecular weight excluding hydrogens is 454 g/mol. The Labute approximate surface area is 204 Å². The van der Waals surface area contributed by atoms with Gasteiger partial charge in [-0.3, -0.25) is 4.79 Å². The van der Waals surface area contributed by atoms with Gasteiger partial charge < -0.3 is 20.0 Å². The van der Waals surface area contributed by atoms with E-state index in [0.717, 1.165) is 35.2 Å². The first kappa shape index (κ1) is 25.4. The number of oxazole rings is 1. The predicted octanol–water partition coefficient (Wildman–Crippen LogP) is 4.55. The molecule has 33 heavy (non-hydrogen) atoms. The maximum atomic E-state index is 12.4. The van der Waals surface area contributed by atoms with Crippen LogP contribution in [0.1, 0.15) is 43.5 Å². The highest BCUT2D eigenvalue weighted by atomic mass is 32.2. The van der Waals surface area contributed by atoms with Crippen molar-refractivity contribution in [2.75, 3.05) is 32.5 Å². The van der Waals surface area contributed by atoms with Crippen molar-refractivity contribution in [3.63, 3.8) is 0 Å². The lowest BCUT2D eigenvalue weighted by atomic mass is 9.94. The number of thioether (sulfide) groups is 1. The van der Waals surface area contributed by atoms with Gasteiger partial charge in [-0.2, -0.15) is 0 Å². The van der Waals surface area contributed by atoms with Gasteiger partial charge in [0.25, 0.3) is 0 Å². The predicted molar refractivity (Wildman–Crippen MR) is 136 cm³/mol. The molecule has 0 atom stereocenters. The summed E-state index contributed by atoms with van der Waals surface area (Å²) >= 11 is 3.06. The number of likely N-dealkylation sites (N-methyl/N-ethyl adjacent to an activating group) is 1. The lowest BCUT2D eigenvalue weighted by Gasteiger charge is -2.12. The number of aromatic nitrogens is 2. The molecule has 0 bridgehead atoms. The van der Waals surface area contributed by atoms with Crippen LogP contribution in [-0.4, -0.2) is 48.0 Å². The fourth-order valence-corrected chi connectivity index (χ4v) is 4.64. The molecule has 178 valence electrons. The van der Waals surface area contributed by atoms with E-state index in [4.69, 9.17) is 4.42 Å². The normalized spacial score (nSPS) is 11.8. The molecule has 0 aliphatic heterocycles. The zero-order chi connectivity index (χ0) is 23.8. The summed E-state index contributed by atoms with van der Waals surface area (Å²) in [6.45, 7) is 9.07. The number of hydrogen-bond acceptors (Lipinski definition) is 8. The highest BCUT2D eigenvalue weighted by molar-refractivity contribution is 8.00. The van der Waals surface area contributed by atoms with Gasteiger partial charge in [0.1, 0.15) is 5.76 Å². The van der Waals surface area contributed by atoms with Crippen LogP contribution in [-0.2, 0) is 28.9 Å². The molecule has 0 aliphatic carbocycles. The van der Waals surface area contributed by atoms with E-state index < -0.39 is 0 Å². The molecule has 0 aliphatic rings. The molecule has 0 spiro atoms. The van der Waals surface area contributed by atoms with Crippen LogP contribution in [0.3, 0.4) is 0 Å². The third-order valence-corrected chi connectivity index (χ3v) is 6.91. The molecule has 2 heterocycles. The monoisotopic (exact) mass is 487 g/mol. The molecule has 3 rings (SSSR count). The van der Waals surface area contributed by atoms with E-state index in [9.17, 15) is 4.79 Å². The van der Waals surface area contributed by atoms with Gasteiger partial charge >= 0.3 is 0 Å². The first-order valence-corrected chi connectivity index (χ1v) is 12.8. The molecule has 3 aromatic rings. The zero-order valence-electron chi connectivity index (χ0n) is 20.0. The number of rotatable bonds is 11. The van der Waals surface area contributed by atoms with Gasteiger partial charge in [-0.05, 0) is 25.2 Å². The molecule has 7 nitrogen and oxygen atoms in total. The summed E-state index contributed by atoms with van der Waals surface area (Å²) in [7, 11) is 4.13. The van der Waals surface area contributed by atoms with E-state index >= 15 is 0 Å². The fraction of sp³-hybridized carbons (Fsp3) is 0.458. The summed E-state index contributed by atoms with van der Waals surface area (Å²) in [5, 5.41) is 6.92. The van der Waals surface area contributed by atoms with Crippen molar-refractivity contribution in [2.45, 2.75) is 49.1 Å². The third kappa shape index (κ3) is 8.58. The molecule has 0 fully saturated rings. The van der Waals surface area contributed by atoms with Crippen molar-refractivity contribution in [2.24, 2.45) is 0 Å². The Bertz CT molecular complexity index is 1020. The minimum absolute atomic E-state index is 0.0546. The van der Waals surface area contributed by atoms with Gasteiger partial charge in [0.05, 0.1) is 28.8 Å². The SMILES string of the molecule is CN(C)CCNCc1ccc(CC(=O)Nc2ncc(SCc3ncc(C(C)(C)C)o3)s2)cc1. The molecule has 1 aromatic carbocycles. The maximum Gasteiger partial charge on any atom is 0.230 e. The number of anilines is 1.